The van der Waals surface area contributed by atoms with Crippen molar-refractivity contribution in [3.05, 3.63) is 16.4 Å². The number of aryl methyl sites for hydroxylation is 2. The first-order valence-electron chi connectivity index (χ1n) is 4.67. The molecule has 2 rings (SSSR count). The van der Waals surface area contributed by atoms with Gasteiger partial charge >= 0.3 is 0 Å². The molecule has 0 bridgehead atoms. The fraction of sp³-hybridized carbons (Fsp3) is 0.667. The number of ether oxygens (including phenoxy) is 1. The third kappa shape index (κ3) is 1.78. The van der Waals surface area contributed by atoms with Crippen LogP contribution >= 0.6 is 11.6 Å². The van der Waals surface area contributed by atoms with Gasteiger partial charge in [0.2, 0.25) is 0 Å². The van der Waals surface area contributed by atoms with Crippen LogP contribution in [0.25, 0.3) is 0 Å². The van der Waals surface area contributed by atoms with Crippen molar-refractivity contribution < 1.29 is 4.74 Å². The van der Waals surface area contributed by atoms with Crippen LogP contribution in [0.4, 0.5) is 0 Å². The van der Waals surface area contributed by atoms with E-state index in [1.54, 1.807) is 0 Å². The molecule has 0 unspecified atom stereocenters. The van der Waals surface area contributed by atoms with Crippen LogP contribution in [0.2, 0.25) is 5.02 Å². The minimum absolute atomic E-state index is 0.473. The SMILES string of the molecule is Cc1nn(C)c(CNC2COC2)c1Cl. The van der Waals surface area contributed by atoms with Crippen molar-refractivity contribution >= 4 is 11.6 Å². The van der Waals surface area contributed by atoms with Gasteiger partial charge in [-0.2, -0.15) is 5.10 Å². The first kappa shape index (κ1) is 9.96. The second kappa shape index (κ2) is 3.88. The van der Waals surface area contributed by atoms with Crippen LogP contribution in [0.5, 0.6) is 0 Å². The van der Waals surface area contributed by atoms with Crippen molar-refractivity contribution in [3.8, 4) is 0 Å². The highest BCUT2D eigenvalue weighted by atomic mass is 35.5. The Balaban J connectivity index is 2.00. The van der Waals surface area contributed by atoms with Crippen LogP contribution in [0, 0.1) is 6.92 Å². The summed E-state index contributed by atoms with van der Waals surface area (Å²) in [6.45, 7) is 4.27. The van der Waals surface area contributed by atoms with Crippen molar-refractivity contribution in [1.82, 2.24) is 15.1 Å². The maximum absolute atomic E-state index is 6.10. The van der Waals surface area contributed by atoms with E-state index in [4.69, 9.17) is 16.3 Å². The Kier molecular flexibility index (Phi) is 2.76. The number of halogens is 1. The molecule has 5 heteroatoms. The minimum atomic E-state index is 0.473. The molecule has 1 saturated heterocycles. The zero-order valence-electron chi connectivity index (χ0n) is 8.38. The van der Waals surface area contributed by atoms with Crippen molar-refractivity contribution in [2.24, 2.45) is 7.05 Å². The van der Waals surface area contributed by atoms with Gasteiger partial charge < -0.3 is 10.1 Å². The minimum Gasteiger partial charge on any atom is -0.378 e. The largest absolute Gasteiger partial charge is 0.378 e. The first-order chi connectivity index (χ1) is 6.68. The lowest BCUT2D eigenvalue weighted by molar-refractivity contribution is -0.00601. The number of rotatable bonds is 3. The van der Waals surface area contributed by atoms with E-state index in [9.17, 15) is 0 Å². The van der Waals surface area contributed by atoms with Gasteiger partial charge in [-0.25, -0.2) is 0 Å². The van der Waals surface area contributed by atoms with E-state index in [-0.39, 0.29) is 0 Å². The number of nitrogens with zero attached hydrogens (tertiary/aromatic N) is 2. The van der Waals surface area contributed by atoms with Crippen LogP contribution < -0.4 is 5.32 Å². The molecule has 0 spiro atoms. The molecule has 1 aliphatic rings. The Morgan fingerprint density at radius 2 is 2.36 bits per heavy atom. The molecule has 0 saturated carbocycles. The lowest BCUT2D eigenvalue weighted by atomic mass is 10.2. The standard InChI is InChI=1S/C9H14ClN3O/c1-6-9(10)8(13(2)12-6)3-11-7-4-14-5-7/h7,11H,3-5H2,1-2H3. The average molecular weight is 216 g/mol. The fourth-order valence-electron chi connectivity index (χ4n) is 1.47. The lowest BCUT2D eigenvalue weighted by Gasteiger charge is -2.26. The Bertz CT molecular complexity index is 333. The van der Waals surface area contributed by atoms with E-state index < -0.39 is 0 Å². The van der Waals surface area contributed by atoms with Crippen molar-refractivity contribution in [2.45, 2.75) is 19.5 Å². The second-order valence-electron chi connectivity index (χ2n) is 3.58. The summed E-state index contributed by atoms with van der Waals surface area (Å²) in [5, 5.41) is 8.37. The van der Waals surface area contributed by atoms with Gasteiger partial charge in [0.25, 0.3) is 0 Å². The zero-order valence-corrected chi connectivity index (χ0v) is 9.14. The van der Waals surface area contributed by atoms with Gasteiger partial charge in [-0.3, -0.25) is 4.68 Å². The van der Waals surface area contributed by atoms with Gasteiger partial charge in [-0.15, -0.1) is 0 Å². The topological polar surface area (TPSA) is 39.1 Å². The molecular weight excluding hydrogens is 202 g/mol. The molecule has 0 aromatic carbocycles. The Morgan fingerprint density at radius 3 is 2.79 bits per heavy atom. The summed E-state index contributed by atoms with van der Waals surface area (Å²) in [5.41, 5.74) is 1.92. The summed E-state index contributed by atoms with van der Waals surface area (Å²) in [6, 6.07) is 0.473. The summed E-state index contributed by atoms with van der Waals surface area (Å²) in [4.78, 5) is 0. The van der Waals surface area contributed by atoms with Crippen LogP contribution in [0.1, 0.15) is 11.4 Å². The summed E-state index contributed by atoms with van der Waals surface area (Å²) in [7, 11) is 1.91. The number of hydrogen-bond acceptors (Lipinski definition) is 3. The molecule has 14 heavy (non-hydrogen) atoms. The van der Waals surface area contributed by atoms with E-state index in [2.05, 4.69) is 10.4 Å². The van der Waals surface area contributed by atoms with Crippen LogP contribution in [0.15, 0.2) is 0 Å². The average Bonchev–Trinajstić information content (AvgIpc) is 2.28. The van der Waals surface area contributed by atoms with Crippen molar-refractivity contribution in [3.63, 3.8) is 0 Å². The molecule has 0 atom stereocenters. The third-order valence-electron chi connectivity index (χ3n) is 2.46. The second-order valence-corrected chi connectivity index (χ2v) is 3.96. The Labute approximate surface area is 88.2 Å². The molecular formula is C9H14ClN3O. The van der Waals surface area contributed by atoms with Gasteiger partial charge in [0, 0.05) is 13.6 Å². The summed E-state index contributed by atoms with van der Waals surface area (Å²) in [6.07, 6.45) is 0. The summed E-state index contributed by atoms with van der Waals surface area (Å²) < 4.78 is 6.89. The summed E-state index contributed by atoms with van der Waals surface area (Å²) >= 11 is 6.10. The lowest BCUT2D eigenvalue weighted by Crippen LogP contribution is -2.45. The molecule has 78 valence electrons. The highest BCUT2D eigenvalue weighted by molar-refractivity contribution is 6.31. The predicted octanol–water partition coefficient (Wildman–Crippen LogP) is 0.870. The monoisotopic (exact) mass is 215 g/mol. The molecule has 4 nitrogen and oxygen atoms in total. The molecule has 1 aliphatic heterocycles. The molecule has 0 amide bonds. The normalized spacial score (nSPS) is 17.1. The number of nitrogens with one attached hydrogen (secondary N) is 1. The highest BCUT2D eigenvalue weighted by Gasteiger charge is 2.19. The van der Waals surface area contributed by atoms with E-state index in [1.165, 1.54) is 0 Å². The van der Waals surface area contributed by atoms with Gasteiger partial charge in [0.05, 0.1) is 35.7 Å². The molecule has 2 heterocycles. The third-order valence-corrected chi connectivity index (χ3v) is 2.95. The van der Waals surface area contributed by atoms with Crippen LogP contribution in [-0.2, 0) is 18.3 Å². The highest BCUT2D eigenvalue weighted by Crippen LogP contribution is 2.19. The molecule has 1 fully saturated rings. The van der Waals surface area contributed by atoms with Crippen molar-refractivity contribution in [2.75, 3.05) is 13.2 Å². The molecule has 1 N–H and O–H groups in total. The molecule has 0 radical (unpaired) electrons. The maximum atomic E-state index is 6.10. The van der Waals surface area contributed by atoms with Gasteiger partial charge in [0.1, 0.15) is 0 Å². The quantitative estimate of drug-likeness (QED) is 0.814. The van der Waals surface area contributed by atoms with Gasteiger partial charge in [-0.1, -0.05) is 11.6 Å². The maximum Gasteiger partial charge on any atom is 0.0860 e. The van der Waals surface area contributed by atoms with Crippen molar-refractivity contribution in [1.29, 1.82) is 0 Å². The Hall–Kier alpha value is -0.580. The predicted molar refractivity (Wildman–Crippen MR) is 54.4 cm³/mol. The van der Waals surface area contributed by atoms with Gasteiger partial charge in [0.15, 0.2) is 0 Å². The molecule has 1 aromatic rings. The zero-order chi connectivity index (χ0) is 10.1. The van der Waals surface area contributed by atoms with E-state index in [0.717, 1.165) is 36.2 Å². The van der Waals surface area contributed by atoms with E-state index in [1.807, 2.05) is 18.7 Å². The first-order valence-corrected chi connectivity index (χ1v) is 5.05. The fourth-order valence-corrected chi connectivity index (χ4v) is 1.69. The molecule has 1 aromatic heterocycles. The molecule has 0 aliphatic carbocycles. The number of aromatic nitrogens is 2. The van der Waals surface area contributed by atoms with E-state index in [0.29, 0.717) is 6.04 Å². The smallest absolute Gasteiger partial charge is 0.0860 e. The van der Waals surface area contributed by atoms with Gasteiger partial charge in [-0.05, 0) is 6.92 Å². The number of hydrogen-bond donors (Lipinski definition) is 1. The van der Waals surface area contributed by atoms with E-state index >= 15 is 0 Å². The van der Waals surface area contributed by atoms with Crippen LogP contribution in [-0.4, -0.2) is 29.0 Å². The van der Waals surface area contributed by atoms with Crippen LogP contribution in [0.3, 0.4) is 0 Å². The Morgan fingerprint density at radius 1 is 1.64 bits per heavy atom. The summed E-state index contributed by atoms with van der Waals surface area (Å²) in [5.74, 6) is 0.